The Morgan fingerprint density at radius 1 is 1.35 bits per heavy atom. The smallest absolute Gasteiger partial charge is 0.251 e. The molecule has 0 spiro atoms. The molecule has 3 N–H and O–H groups in total. The molecule has 112 valence electrons. The van der Waals surface area contributed by atoms with E-state index in [0.717, 1.165) is 12.3 Å². The molecular formula is C12H16ClNO5S. The van der Waals surface area contributed by atoms with Gasteiger partial charge in [-0.15, -0.1) is 0 Å². The summed E-state index contributed by atoms with van der Waals surface area (Å²) in [6.45, 7) is 0.543. The lowest BCUT2D eigenvalue weighted by atomic mass is 10.0. The maximum atomic E-state index is 12.0. The number of hydrogen-bond donors (Lipinski definition) is 3. The van der Waals surface area contributed by atoms with Crippen molar-refractivity contribution in [1.29, 1.82) is 0 Å². The number of carbonyl (C=O) groups excluding carboxylic acids is 1. The average molecular weight is 322 g/mol. The van der Waals surface area contributed by atoms with Crippen LogP contribution in [0.5, 0.6) is 0 Å². The Morgan fingerprint density at radius 2 is 1.90 bits per heavy atom. The van der Waals surface area contributed by atoms with Crippen LogP contribution in [0.2, 0.25) is 5.02 Å². The maximum Gasteiger partial charge on any atom is 0.251 e. The summed E-state index contributed by atoms with van der Waals surface area (Å²) < 4.78 is 23.1. The van der Waals surface area contributed by atoms with Crippen molar-refractivity contribution < 1.29 is 23.4 Å². The molecule has 20 heavy (non-hydrogen) atoms. The minimum Gasteiger partial charge on any atom is -0.394 e. The molecule has 0 fully saturated rings. The SMILES string of the molecule is CC(CO)(CO)NC(=O)c1ccc(Cl)c(S(C)(=O)=O)c1. The number of aliphatic hydroxyl groups is 2. The predicted molar refractivity (Wildman–Crippen MR) is 74.6 cm³/mol. The molecule has 0 saturated heterocycles. The lowest BCUT2D eigenvalue weighted by Gasteiger charge is -2.26. The molecule has 0 bridgehead atoms. The quantitative estimate of drug-likeness (QED) is 0.719. The summed E-state index contributed by atoms with van der Waals surface area (Å²) in [7, 11) is -3.56. The van der Waals surface area contributed by atoms with Crippen molar-refractivity contribution >= 4 is 27.3 Å². The second-order valence-electron chi connectivity index (χ2n) is 4.75. The second-order valence-corrected chi connectivity index (χ2v) is 7.14. The molecule has 0 aromatic heterocycles. The van der Waals surface area contributed by atoms with Gasteiger partial charge in [-0.25, -0.2) is 8.42 Å². The molecule has 1 aromatic carbocycles. The number of sulfone groups is 1. The van der Waals surface area contributed by atoms with E-state index in [1.165, 1.54) is 19.1 Å². The van der Waals surface area contributed by atoms with Gasteiger partial charge in [0.15, 0.2) is 9.84 Å². The summed E-state index contributed by atoms with van der Waals surface area (Å²) in [5.74, 6) is -0.614. The van der Waals surface area contributed by atoms with E-state index in [-0.39, 0.29) is 15.5 Å². The van der Waals surface area contributed by atoms with Crippen LogP contribution in [0.1, 0.15) is 17.3 Å². The van der Waals surface area contributed by atoms with E-state index in [0.29, 0.717) is 0 Å². The maximum absolute atomic E-state index is 12.0. The topological polar surface area (TPSA) is 104 Å². The van der Waals surface area contributed by atoms with Gasteiger partial charge < -0.3 is 15.5 Å². The van der Waals surface area contributed by atoms with Crippen LogP contribution in [0.25, 0.3) is 0 Å². The predicted octanol–water partition coefficient (Wildman–Crippen LogP) is 0.217. The monoisotopic (exact) mass is 321 g/mol. The van der Waals surface area contributed by atoms with Gasteiger partial charge in [0.05, 0.1) is 28.7 Å². The second kappa shape index (κ2) is 6.09. The Labute approximate surface area is 122 Å². The van der Waals surface area contributed by atoms with Crippen LogP contribution >= 0.6 is 11.6 Å². The molecule has 6 nitrogen and oxygen atoms in total. The molecule has 0 saturated carbocycles. The summed E-state index contributed by atoms with van der Waals surface area (Å²) in [6, 6.07) is 3.83. The summed E-state index contributed by atoms with van der Waals surface area (Å²) >= 11 is 5.78. The lowest BCUT2D eigenvalue weighted by molar-refractivity contribution is 0.0723. The van der Waals surface area contributed by atoms with Crippen LogP contribution in [0, 0.1) is 0 Å². The Bertz CT molecular complexity index is 610. The summed E-state index contributed by atoms with van der Waals surface area (Å²) in [5, 5.41) is 20.7. The first-order valence-corrected chi connectivity index (χ1v) is 7.94. The van der Waals surface area contributed by atoms with Crippen LogP contribution < -0.4 is 5.32 Å². The zero-order valence-electron chi connectivity index (χ0n) is 11.1. The highest BCUT2D eigenvalue weighted by Gasteiger charge is 2.26. The fourth-order valence-electron chi connectivity index (χ4n) is 1.40. The minimum atomic E-state index is -3.56. The van der Waals surface area contributed by atoms with E-state index in [1.54, 1.807) is 0 Å². The molecule has 0 radical (unpaired) electrons. The summed E-state index contributed by atoms with van der Waals surface area (Å²) in [4.78, 5) is 11.8. The molecule has 0 unspecified atom stereocenters. The molecule has 1 amide bonds. The van der Waals surface area contributed by atoms with Crippen LogP contribution in [0.3, 0.4) is 0 Å². The number of amides is 1. The van der Waals surface area contributed by atoms with Crippen molar-refractivity contribution in [2.45, 2.75) is 17.4 Å². The van der Waals surface area contributed by atoms with Crippen molar-refractivity contribution in [1.82, 2.24) is 5.32 Å². The van der Waals surface area contributed by atoms with Crippen molar-refractivity contribution in [3.63, 3.8) is 0 Å². The van der Waals surface area contributed by atoms with E-state index >= 15 is 0 Å². The number of halogens is 1. The van der Waals surface area contributed by atoms with Gasteiger partial charge in [-0.2, -0.15) is 0 Å². The summed E-state index contributed by atoms with van der Waals surface area (Å²) in [5.41, 5.74) is -1.12. The Morgan fingerprint density at radius 3 is 2.35 bits per heavy atom. The van der Waals surface area contributed by atoms with E-state index in [2.05, 4.69) is 5.32 Å². The van der Waals surface area contributed by atoms with Crippen molar-refractivity contribution in [3.8, 4) is 0 Å². The Balaban J connectivity index is 3.13. The number of nitrogens with one attached hydrogen (secondary N) is 1. The molecule has 8 heteroatoms. The molecule has 1 aromatic rings. The molecule has 0 heterocycles. The van der Waals surface area contributed by atoms with Gasteiger partial charge in [0.25, 0.3) is 5.91 Å². The Kier molecular flexibility index (Phi) is 5.15. The van der Waals surface area contributed by atoms with Gasteiger partial charge in [0, 0.05) is 11.8 Å². The highest BCUT2D eigenvalue weighted by Crippen LogP contribution is 2.22. The lowest BCUT2D eigenvalue weighted by Crippen LogP contribution is -2.51. The van der Waals surface area contributed by atoms with Crippen molar-refractivity contribution in [2.24, 2.45) is 0 Å². The van der Waals surface area contributed by atoms with Gasteiger partial charge in [-0.05, 0) is 25.1 Å². The number of aliphatic hydroxyl groups excluding tert-OH is 2. The number of rotatable bonds is 5. The van der Waals surface area contributed by atoms with Crippen molar-refractivity contribution in [3.05, 3.63) is 28.8 Å². The molecule has 1 rings (SSSR count). The number of carbonyl (C=O) groups is 1. The van der Waals surface area contributed by atoms with E-state index in [1.807, 2.05) is 0 Å². The highest BCUT2D eigenvalue weighted by molar-refractivity contribution is 7.90. The molecule has 0 atom stereocenters. The van der Waals surface area contributed by atoms with Gasteiger partial charge in [0.2, 0.25) is 0 Å². The fraction of sp³-hybridized carbons (Fsp3) is 0.417. The summed E-state index contributed by atoms with van der Waals surface area (Å²) in [6.07, 6.45) is 0.988. The third-order valence-corrected chi connectivity index (χ3v) is 4.28. The van der Waals surface area contributed by atoms with Gasteiger partial charge in [0.1, 0.15) is 0 Å². The normalized spacial score (nSPS) is 12.2. The first-order valence-electron chi connectivity index (χ1n) is 5.67. The van der Waals surface area contributed by atoms with E-state index in [4.69, 9.17) is 21.8 Å². The Hall–Kier alpha value is -1.15. The first kappa shape index (κ1) is 16.9. The molecular weight excluding hydrogens is 306 g/mol. The largest absolute Gasteiger partial charge is 0.394 e. The van der Waals surface area contributed by atoms with Crippen LogP contribution in [-0.2, 0) is 9.84 Å². The molecule has 0 aliphatic heterocycles. The standard InChI is InChI=1S/C12H16ClNO5S/c1-12(6-15,7-16)14-11(17)8-3-4-9(13)10(5-8)20(2,18)19/h3-5,15-16H,6-7H2,1-2H3,(H,14,17). The van der Waals surface area contributed by atoms with Crippen LogP contribution in [0.15, 0.2) is 23.1 Å². The van der Waals surface area contributed by atoms with Gasteiger partial charge >= 0.3 is 0 Å². The fourth-order valence-corrected chi connectivity index (χ4v) is 2.71. The van der Waals surface area contributed by atoms with Gasteiger partial charge in [-0.1, -0.05) is 11.6 Å². The number of benzene rings is 1. The van der Waals surface area contributed by atoms with Crippen LogP contribution in [0.4, 0.5) is 0 Å². The van der Waals surface area contributed by atoms with Crippen LogP contribution in [-0.4, -0.2) is 49.5 Å². The average Bonchev–Trinajstić information content (AvgIpc) is 2.37. The third kappa shape index (κ3) is 3.92. The van der Waals surface area contributed by atoms with Gasteiger partial charge in [-0.3, -0.25) is 4.79 Å². The molecule has 0 aliphatic carbocycles. The van der Waals surface area contributed by atoms with Crippen molar-refractivity contribution in [2.75, 3.05) is 19.5 Å². The van der Waals surface area contributed by atoms with E-state index < -0.39 is 34.5 Å². The van der Waals surface area contributed by atoms with E-state index in [9.17, 15) is 13.2 Å². The minimum absolute atomic E-state index is 0.0242. The first-order chi connectivity index (χ1) is 9.13. The molecule has 0 aliphatic rings. The zero-order valence-corrected chi connectivity index (χ0v) is 12.6. The zero-order chi connectivity index (χ0) is 15.6. The third-order valence-electron chi connectivity index (χ3n) is 2.71. The number of hydrogen-bond acceptors (Lipinski definition) is 5. The highest BCUT2D eigenvalue weighted by atomic mass is 35.5.